The highest BCUT2D eigenvalue weighted by Crippen LogP contribution is 2.23. The normalized spacial score (nSPS) is 11.0. The van der Waals surface area contributed by atoms with Crippen molar-refractivity contribution in [2.75, 3.05) is 7.11 Å². The molecule has 7 heteroatoms. The molecule has 108 valence electrons. The molecular weight excluding hydrogens is 282 g/mol. The van der Waals surface area contributed by atoms with Gasteiger partial charge in [-0.3, -0.25) is 0 Å². The van der Waals surface area contributed by atoms with Crippen molar-refractivity contribution in [3.05, 3.63) is 49.1 Å². The van der Waals surface area contributed by atoms with Crippen molar-refractivity contribution in [2.45, 2.75) is 0 Å². The predicted octanol–water partition coefficient (Wildman–Crippen LogP) is 2.45. The van der Waals surface area contributed by atoms with Gasteiger partial charge in [0.15, 0.2) is 0 Å². The number of aromatic nitrogens is 5. The fourth-order valence-corrected chi connectivity index (χ4v) is 2.13. The molecule has 0 aliphatic rings. The highest BCUT2D eigenvalue weighted by atomic mass is 16.5. The number of nitrogens with zero attached hydrogens (tertiary/aromatic N) is 5. The summed E-state index contributed by atoms with van der Waals surface area (Å²) in [4.78, 5) is 12.8. The quantitative estimate of drug-likeness (QED) is 0.577. The topological polar surface area (TPSA) is 78.3 Å². The van der Waals surface area contributed by atoms with Crippen molar-refractivity contribution in [3.63, 3.8) is 0 Å². The Morgan fingerprint density at radius 3 is 2.86 bits per heavy atom. The summed E-state index contributed by atoms with van der Waals surface area (Å²) < 4.78 is 12.3. The number of fused-ring (bicyclic) bond motifs is 1. The van der Waals surface area contributed by atoms with E-state index in [4.69, 9.17) is 9.26 Å². The smallest absolute Gasteiger partial charge is 0.258 e. The van der Waals surface area contributed by atoms with Gasteiger partial charge in [0.05, 0.1) is 7.11 Å². The Hall–Kier alpha value is -3.22. The third-order valence-corrected chi connectivity index (χ3v) is 3.27. The van der Waals surface area contributed by atoms with E-state index in [0.717, 1.165) is 16.8 Å². The van der Waals surface area contributed by atoms with Crippen LogP contribution < -0.4 is 4.74 Å². The van der Waals surface area contributed by atoms with Crippen LogP contribution in [0.2, 0.25) is 0 Å². The first-order valence-corrected chi connectivity index (χ1v) is 6.61. The molecule has 0 unspecified atom stereocenters. The van der Waals surface area contributed by atoms with Crippen LogP contribution in [-0.4, -0.2) is 31.6 Å². The zero-order valence-electron chi connectivity index (χ0n) is 11.7. The lowest BCUT2D eigenvalue weighted by Crippen LogP contribution is -1.88. The summed E-state index contributed by atoms with van der Waals surface area (Å²) in [5, 5.41) is 3.99. The minimum Gasteiger partial charge on any atom is -0.481 e. The maximum Gasteiger partial charge on any atom is 0.258 e. The Labute approximate surface area is 125 Å². The maximum absolute atomic E-state index is 5.33. The van der Waals surface area contributed by atoms with E-state index >= 15 is 0 Å². The van der Waals surface area contributed by atoms with Gasteiger partial charge in [0.1, 0.15) is 5.65 Å². The van der Waals surface area contributed by atoms with Gasteiger partial charge in [-0.25, -0.2) is 9.97 Å². The van der Waals surface area contributed by atoms with Crippen molar-refractivity contribution in [1.29, 1.82) is 0 Å². The Bertz CT molecular complexity index is 926. The molecule has 22 heavy (non-hydrogen) atoms. The van der Waals surface area contributed by atoms with Crippen LogP contribution in [0.4, 0.5) is 0 Å². The van der Waals surface area contributed by atoms with E-state index in [9.17, 15) is 0 Å². The lowest BCUT2D eigenvalue weighted by molar-refractivity contribution is 0.398. The Balaban J connectivity index is 1.70. The second-order valence-electron chi connectivity index (χ2n) is 4.62. The molecule has 0 radical (unpaired) electrons. The predicted molar refractivity (Wildman–Crippen MR) is 78.3 cm³/mol. The van der Waals surface area contributed by atoms with Gasteiger partial charge in [-0.1, -0.05) is 5.16 Å². The fraction of sp³-hybridized carbons (Fsp3) is 0.0667. The number of hydrogen-bond acceptors (Lipinski definition) is 6. The van der Waals surface area contributed by atoms with Gasteiger partial charge >= 0.3 is 0 Å². The molecule has 0 bridgehead atoms. The van der Waals surface area contributed by atoms with Gasteiger partial charge in [-0.2, -0.15) is 4.98 Å². The van der Waals surface area contributed by atoms with Crippen LogP contribution >= 0.6 is 0 Å². The summed E-state index contributed by atoms with van der Waals surface area (Å²) in [6.45, 7) is 0. The molecule has 4 aromatic rings. The van der Waals surface area contributed by atoms with Gasteiger partial charge in [-0.15, -0.1) is 0 Å². The molecule has 0 aliphatic heterocycles. The largest absolute Gasteiger partial charge is 0.481 e. The van der Waals surface area contributed by atoms with E-state index in [-0.39, 0.29) is 0 Å². The molecule has 0 aromatic carbocycles. The minimum absolute atomic E-state index is 0.441. The molecule has 4 heterocycles. The van der Waals surface area contributed by atoms with Gasteiger partial charge in [0.25, 0.3) is 5.89 Å². The molecule has 0 saturated heterocycles. The number of imidazole rings is 1. The molecule has 0 aliphatic carbocycles. The summed E-state index contributed by atoms with van der Waals surface area (Å²) >= 11 is 0. The summed E-state index contributed by atoms with van der Waals surface area (Å²) in [5.74, 6) is 1.46. The molecule has 0 amide bonds. The zero-order valence-corrected chi connectivity index (χ0v) is 11.7. The third-order valence-electron chi connectivity index (χ3n) is 3.27. The molecule has 0 saturated carbocycles. The Morgan fingerprint density at radius 2 is 2.05 bits per heavy atom. The standard InChI is InChI=1S/C15H11N5O2/c1-21-13-3-2-11(9-17-13)14-18-15(22-19-14)10-4-6-20-7-5-16-12(20)8-10/h2-9H,1H3. The molecule has 0 fully saturated rings. The molecule has 4 aromatic heterocycles. The number of pyridine rings is 2. The Morgan fingerprint density at radius 1 is 1.09 bits per heavy atom. The molecule has 7 nitrogen and oxygen atoms in total. The second kappa shape index (κ2) is 4.96. The van der Waals surface area contributed by atoms with E-state index in [1.54, 1.807) is 25.6 Å². The first-order chi connectivity index (χ1) is 10.8. The van der Waals surface area contributed by atoms with Gasteiger partial charge in [-0.05, 0) is 18.2 Å². The monoisotopic (exact) mass is 293 g/mol. The van der Waals surface area contributed by atoms with Crippen molar-refractivity contribution in [1.82, 2.24) is 24.5 Å². The molecular formula is C15H11N5O2. The van der Waals surface area contributed by atoms with Crippen LogP contribution in [0.1, 0.15) is 0 Å². The number of rotatable bonds is 3. The first kappa shape index (κ1) is 12.5. The third kappa shape index (κ3) is 2.08. The van der Waals surface area contributed by atoms with Crippen molar-refractivity contribution in [2.24, 2.45) is 0 Å². The van der Waals surface area contributed by atoms with Crippen molar-refractivity contribution in [3.8, 4) is 28.7 Å². The van der Waals surface area contributed by atoms with Crippen molar-refractivity contribution < 1.29 is 9.26 Å². The zero-order chi connectivity index (χ0) is 14.9. The average molecular weight is 293 g/mol. The minimum atomic E-state index is 0.441. The number of hydrogen-bond donors (Lipinski definition) is 0. The highest BCUT2D eigenvalue weighted by Gasteiger charge is 2.12. The molecule has 0 atom stereocenters. The van der Waals surface area contributed by atoms with E-state index in [1.165, 1.54) is 0 Å². The lowest BCUT2D eigenvalue weighted by Gasteiger charge is -1.98. The molecule has 0 N–H and O–H groups in total. The summed E-state index contributed by atoms with van der Waals surface area (Å²) in [6, 6.07) is 7.38. The number of ether oxygens (including phenoxy) is 1. The van der Waals surface area contributed by atoms with Crippen LogP contribution in [0.25, 0.3) is 28.5 Å². The van der Waals surface area contributed by atoms with E-state index in [0.29, 0.717) is 17.6 Å². The van der Waals surface area contributed by atoms with Gasteiger partial charge < -0.3 is 13.7 Å². The van der Waals surface area contributed by atoms with Crippen molar-refractivity contribution >= 4 is 5.65 Å². The maximum atomic E-state index is 5.33. The van der Waals surface area contributed by atoms with E-state index in [1.807, 2.05) is 35.0 Å². The van der Waals surface area contributed by atoms with Gasteiger partial charge in [0.2, 0.25) is 11.7 Å². The van der Waals surface area contributed by atoms with Crippen LogP contribution in [0.3, 0.4) is 0 Å². The summed E-state index contributed by atoms with van der Waals surface area (Å²) in [5.41, 5.74) is 2.40. The number of methoxy groups -OCH3 is 1. The van der Waals surface area contributed by atoms with Crippen LogP contribution in [0, 0.1) is 0 Å². The first-order valence-electron chi connectivity index (χ1n) is 6.61. The van der Waals surface area contributed by atoms with Gasteiger partial charge in [0, 0.05) is 42.0 Å². The van der Waals surface area contributed by atoms with Crippen LogP contribution in [0.15, 0.2) is 53.6 Å². The fourth-order valence-electron chi connectivity index (χ4n) is 2.13. The molecule has 4 rings (SSSR count). The average Bonchev–Trinajstić information content (AvgIpc) is 3.23. The SMILES string of the molecule is COc1ccc(-c2noc(-c3ccn4ccnc4c3)n2)cn1. The highest BCUT2D eigenvalue weighted by molar-refractivity contribution is 5.62. The van der Waals surface area contributed by atoms with E-state index in [2.05, 4.69) is 20.1 Å². The summed E-state index contributed by atoms with van der Waals surface area (Å²) in [7, 11) is 1.57. The summed E-state index contributed by atoms with van der Waals surface area (Å²) in [6.07, 6.45) is 7.16. The van der Waals surface area contributed by atoms with Crippen LogP contribution in [0.5, 0.6) is 5.88 Å². The molecule has 0 spiro atoms. The van der Waals surface area contributed by atoms with Crippen LogP contribution in [-0.2, 0) is 0 Å². The lowest BCUT2D eigenvalue weighted by atomic mass is 10.2. The van der Waals surface area contributed by atoms with E-state index < -0.39 is 0 Å². The Kier molecular flexibility index (Phi) is 2.82. The second-order valence-corrected chi connectivity index (χ2v) is 4.62.